The predicted molar refractivity (Wildman–Crippen MR) is 95.6 cm³/mol. The van der Waals surface area contributed by atoms with Gasteiger partial charge in [-0.25, -0.2) is 0 Å². The molecule has 0 atom stereocenters. The number of halogens is 1. The van der Waals surface area contributed by atoms with Crippen molar-refractivity contribution in [2.24, 2.45) is 0 Å². The molecule has 4 nitrogen and oxygen atoms in total. The molecular formula is C16H16ClN3OS2. The molecule has 7 heteroatoms. The van der Waals surface area contributed by atoms with Crippen molar-refractivity contribution < 1.29 is 4.79 Å². The first-order valence-electron chi connectivity index (χ1n) is 7.35. The lowest BCUT2D eigenvalue weighted by molar-refractivity contribution is 0.103. The fourth-order valence-corrected chi connectivity index (χ4v) is 4.83. The first kappa shape index (κ1) is 16.5. The third kappa shape index (κ3) is 3.29. The van der Waals surface area contributed by atoms with E-state index >= 15 is 0 Å². The zero-order chi connectivity index (χ0) is 16.6. The van der Waals surface area contributed by atoms with Crippen LogP contribution in [0.2, 0.25) is 4.34 Å². The van der Waals surface area contributed by atoms with Crippen LogP contribution < -0.4 is 5.32 Å². The van der Waals surface area contributed by atoms with Crippen molar-refractivity contribution >= 4 is 45.2 Å². The number of hydrogen-bond donors (Lipinski definition) is 1. The molecule has 0 aromatic carbocycles. The molecule has 1 aliphatic rings. The average molecular weight is 366 g/mol. The molecule has 1 N–H and O–H groups in total. The normalized spacial score (nSPS) is 14.6. The number of amides is 1. The number of nitriles is 1. The summed E-state index contributed by atoms with van der Waals surface area (Å²) in [6.07, 6.45) is 0.855. The highest BCUT2D eigenvalue weighted by molar-refractivity contribution is 7.18. The van der Waals surface area contributed by atoms with Crippen LogP contribution in [0.25, 0.3) is 0 Å². The summed E-state index contributed by atoms with van der Waals surface area (Å²) in [6.45, 7) is 6.14. The quantitative estimate of drug-likeness (QED) is 0.879. The van der Waals surface area contributed by atoms with Crippen LogP contribution in [-0.2, 0) is 13.0 Å². The van der Waals surface area contributed by atoms with E-state index in [-0.39, 0.29) is 5.91 Å². The van der Waals surface area contributed by atoms with E-state index in [1.165, 1.54) is 27.6 Å². The number of rotatable bonds is 3. The van der Waals surface area contributed by atoms with Gasteiger partial charge in [0, 0.05) is 24.0 Å². The van der Waals surface area contributed by atoms with Crippen LogP contribution in [0.4, 0.5) is 5.00 Å². The first-order valence-corrected chi connectivity index (χ1v) is 9.36. The van der Waals surface area contributed by atoms with Crippen LogP contribution in [0.15, 0.2) is 12.1 Å². The van der Waals surface area contributed by atoms with Crippen molar-refractivity contribution in [1.82, 2.24) is 4.90 Å². The van der Waals surface area contributed by atoms with Gasteiger partial charge in [-0.15, -0.1) is 22.7 Å². The molecule has 1 amide bonds. The van der Waals surface area contributed by atoms with Gasteiger partial charge in [-0.05, 0) is 38.0 Å². The van der Waals surface area contributed by atoms with E-state index in [4.69, 9.17) is 11.6 Å². The van der Waals surface area contributed by atoms with E-state index in [0.29, 0.717) is 25.8 Å². The maximum absolute atomic E-state index is 12.3. The zero-order valence-electron chi connectivity index (χ0n) is 12.9. The molecule has 3 rings (SSSR count). The van der Waals surface area contributed by atoms with Gasteiger partial charge in [0.15, 0.2) is 0 Å². The van der Waals surface area contributed by atoms with E-state index in [0.717, 1.165) is 25.1 Å². The largest absolute Gasteiger partial charge is 0.312 e. The molecule has 0 bridgehead atoms. The zero-order valence-corrected chi connectivity index (χ0v) is 15.2. The van der Waals surface area contributed by atoms with Gasteiger partial charge in [0.05, 0.1) is 14.8 Å². The Balaban J connectivity index is 1.86. The summed E-state index contributed by atoms with van der Waals surface area (Å²) in [5.74, 6) is -0.210. The molecule has 2 aromatic heterocycles. The second kappa shape index (κ2) is 6.62. The molecule has 0 aliphatic carbocycles. The van der Waals surface area contributed by atoms with Crippen molar-refractivity contribution in [2.75, 3.05) is 11.9 Å². The highest BCUT2D eigenvalue weighted by atomic mass is 35.5. The number of thiophene rings is 2. The summed E-state index contributed by atoms with van der Waals surface area (Å²) in [5.41, 5.74) is 1.71. The third-order valence-corrected chi connectivity index (χ3v) is 6.31. The molecule has 0 saturated carbocycles. The second-order valence-corrected chi connectivity index (χ2v) is 8.51. The van der Waals surface area contributed by atoms with Crippen molar-refractivity contribution in [2.45, 2.75) is 32.9 Å². The number of fused-ring (bicyclic) bond motifs is 1. The molecule has 0 radical (unpaired) electrons. The Morgan fingerprint density at radius 2 is 2.22 bits per heavy atom. The van der Waals surface area contributed by atoms with Crippen LogP contribution in [0.1, 0.15) is 39.5 Å². The van der Waals surface area contributed by atoms with E-state index in [1.54, 1.807) is 12.1 Å². The van der Waals surface area contributed by atoms with Crippen LogP contribution >= 0.6 is 34.3 Å². The summed E-state index contributed by atoms with van der Waals surface area (Å²) in [6, 6.07) is 6.14. The van der Waals surface area contributed by atoms with Gasteiger partial charge in [-0.1, -0.05) is 11.6 Å². The molecular weight excluding hydrogens is 350 g/mol. The Bertz CT molecular complexity index is 788. The second-order valence-electron chi connectivity index (χ2n) is 5.69. The minimum atomic E-state index is -0.210. The standard InChI is InChI=1S/C16H16ClN3OS2/c1-9(2)20-6-5-10-11(7-18)16(23-13(10)8-20)19-15(21)12-3-4-14(17)22-12/h3-4,9H,5-6,8H2,1-2H3,(H,19,21). The average Bonchev–Trinajstić information content (AvgIpc) is 3.09. The lowest BCUT2D eigenvalue weighted by Gasteiger charge is -2.30. The molecule has 0 fully saturated rings. The Kier molecular flexibility index (Phi) is 4.74. The molecule has 0 saturated heterocycles. The van der Waals surface area contributed by atoms with Gasteiger partial charge in [0.2, 0.25) is 0 Å². The maximum atomic E-state index is 12.3. The van der Waals surface area contributed by atoms with Crippen LogP contribution in [0.3, 0.4) is 0 Å². The smallest absolute Gasteiger partial charge is 0.266 e. The number of nitrogens with zero attached hydrogens (tertiary/aromatic N) is 2. The van der Waals surface area contributed by atoms with Gasteiger partial charge in [-0.2, -0.15) is 5.26 Å². The predicted octanol–water partition coefficient (Wildman–Crippen LogP) is 4.35. The van der Waals surface area contributed by atoms with Crippen molar-refractivity contribution in [1.29, 1.82) is 5.26 Å². The van der Waals surface area contributed by atoms with Gasteiger partial charge in [0.1, 0.15) is 11.1 Å². The number of anilines is 1. The topological polar surface area (TPSA) is 56.1 Å². The summed E-state index contributed by atoms with van der Waals surface area (Å²) in [5, 5.41) is 13.0. The highest BCUT2D eigenvalue weighted by Gasteiger charge is 2.26. The Morgan fingerprint density at radius 1 is 1.43 bits per heavy atom. The van der Waals surface area contributed by atoms with E-state index in [1.807, 2.05) is 0 Å². The summed E-state index contributed by atoms with van der Waals surface area (Å²) in [4.78, 5) is 16.4. The monoisotopic (exact) mass is 365 g/mol. The summed E-state index contributed by atoms with van der Waals surface area (Å²) >= 11 is 8.63. The molecule has 0 unspecified atom stereocenters. The highest BCUT2D eigenvalue weighted by Crippen LogP contribution is 2.37. The fraction of sp³-hybridized carbons (Fsp3) is 0.375. The van der Waals surface area contributed by atoms with Gasteiger partial charge in [-0.3, -0.25) is 9.69 Å². The third-order valence-electron chi connectivity index (χ3n) is 3.95. The Hall–Kier alpha value is -1.39. The van der Waals surface area contributed by atoms with Gasteiger partial charge in [0.25, 0.3) is 5.91 Å². The maximum Gasteiger partial charge on any atom is 0.266 e. The lowest BCUT2D eigenvalue weighted by atomic mass is 10.0. The number of nitrogens with one attached hydrogen (secondary N) is 1. The molecule has 23 heavy (non-hydrogen) atoms. The Labute approximate surface area is 148 Å². The molecule has 120 valence electrons. The van der Waals surface area contributed by atoms with Crippen LogP contribution in [0.5, 0.6) is 0 Å². The number of hydrogen-bond acceptors (Lipinski definition) is 5. The molecule has 0 spiro atoms. The number of carbonyl (C=O) groups is 1. The number of carbonyl (C=O) groups excluding carboxylic acids is 1. The van der Waals surface area contributed by atoms with Crippen LogP contribution in [-0.4, -0.2) is 23.4 Å². The summed E-state index contributed by atoms with van der Waals surface area (Å²) < 4.78 is 0.578. The van der Waals surface area contributed by atoms with Crippen molar-refractivity contribution in [3.05, 3.63) is 37.4 Å². The van der Waals surface area contributed by atoms with E-state index in [9.17, 15) is 10.1 Å². The van der Waals surface area contributed by atoms with E-state index in [2.05, 4.69) is 30.1 Å². The van der Waals surface area contributed by atoms with Crippen LogP contribution in [0, 0.1) is 11.3 Å². The van der Waals surface area contributed by atoms with Crippen molar-refractivity contribution in [3.8, 4) is 6.07 Å². The molecule has 3 heterocycles. The Morgan fingerprint density at radius 3 is 2.83 bits per heavy atom. The van der Waals surface area contributed by atoms with Crippen molar-refractivity contribution in [3.63, 3.8) is 0 Å². The molecule has 2 aromatic rings. The summed E-state index contributed by atoms with van der Waals surface area (Å²) in [7, 11) is 0. The van der Waals surface area contributed by atoms with E-state index < -0.39 is 0 Å². The fourth-order valence-electron chi connectivity index (χ4n) is 2.67. The minimum Gasteiger partial charge on any atom is -0.312 e. The molecule has 1 aliphatic heterocycles. The van der Waals surface area contributed by atoms with Gasteiger partial charge >= 0.3 is 0 Å². The first-order chi connectivity index (χ1) is 11.0. The SMILES string of the molecule is CC(C)N1CCc2c(sc(NC(=O)c3ccc(Cl)s3)c2C#N)C1. The minimum absolute atomic E-state index is 0.210. The van der Waals surface area contributed by atoms with Gasteiger partial charge < -0.3 is 5.32 Å². The lowest BCUT2D eigenvalue weighted by Crippen LogP contribution is -2.35.